The van der Waals surface area contributed by atoms with Gasteiger partial charge in [0.2, 0.25) is 5.91 Å². The summed E-state index contributed by atoms with van der Waals surface area (Å²) in [6.07, 6.45) is 4.01. The first-order valence-electron chi connectivity index (χ1n) is 9.03. The van der Waals surface area contributed by atoms with Crippen molar-refractivity contribution in [3.8, 4) is 0 Å². The van der Waals surface area contributed by atoms with Gasteiger partial charge in [-0.3, -0.25) is 14.7 Å². The molecule has 0 saturated carbocycles. The number of benzene rings is 2. The molecule has 8 heteroatoms. The molecule has 0 bridgehead atoms. The van der Waals surface area contributed by atoms with Gasteiger partial charge in [-0.2, -0.15) is 5.10 Å². The molecule has 1 fully saturated rings. The highest BCUT2D eigenvalue weighted by molar-refractivity contribution is 6.36. The fourth-order valence-electron chi connectivity index (χ4n) is 3.56. The van der Waals surface area contributed by atoms with Gasteiger partial charge in [0.1, 0.15) is 6.04 Å². The maximum absolute atomic E-state index is 13.2. The lowest BCUT2D eigenvalue weighted by atomic mass is 9.99. The summed E-state index contributed by atoms with van der Waals surface area (Å²) in [5.41, 5.74) is 1.67. The Bertz CT molecular complexity index is 1050. The van der Waals surface area contributed by atoms with E-state index in [1.54, 1.807) is 35.4 Å². The van der Waals surface area contributed by atoms with E-state index in [9.17, 15) is 9.59 Å². The number of piperidine rings is 1. The highest BCUT2D eigenvalue weighted by Crippen LogP contribution is 2.28. The lowest BCUT2D eigenvalue weighted by molar-refractivity contribution is -0.121. The Morgan fingerprint density at radius 3 is 2.86 bits per heavy atom. The number of aromatic amines is 1. The number of hydrogen-bond donors (Lipinski definition) is 2. The van der Waals surface area contributed by atoms with Crippen molar-refractivity contribution in [2.75, 3.05) is 11.9 Å². The molecule has 0 spiro atoms. The van der Waals surface area contributed by atoms with Gasteiger partial charge in [-0.1, -0.05) is 35.3 Å². The van der Waals surface area contributed by atoms with Crippen LogP contribution in [-0.2, 0) is 4.79 Å². The summed E-state index contributed by atoms with van der Waals surface area (Å²) in [6, 6.07) is 9.78. The average Bonchev–Trinajstić information content (AvgIpc) is 3.18. The van der Waals surface area contributed by atoms with E-state index in [0.29, 0.717) is 39.8 Å². The van der Waals surface area contributed by atoms with Crippen LogP contribution >= 0.6 is 23.2 Å². The fraction of sp³-hybridized carbons (Fsp3) is 0.250. The molecule has 0 radical (unpaired) electrons. The van der Waals surface area contributed by atoms with E-state index in [-0.39, 0.29) is 11.8 Å². The van der Waals surface area contributed by atoms with Gasteiger partial charge in [0.25, 0.3) is 5.91 Å². The lowest BCUT2D eigenvalue weighted by Gasteiger charge is -2.35. The zero-order valence-electron chi connectivity index (χ0n) is 14.9. The van der Waals surface area contributed by atoms with E-state index in [1.807, 2.05) is 12.1 Å². The van der Waals surface area contributed by atoms with Crippen LogP contribution in [0.1, 0.15) is 29.6 Å². The first-order valence-corrected chi connectivity index (χ1v) is 9.79. The summed E-state index contributed by atoms with van der Waals surface area (Å²) in [5, 5.41) is 11.4. The molecule has 1 aliphatic heterocycles. The van der Waals surface area contributed by atoms with E-state index in [0.717, 1.165) is 18.2 Å². The molecule has 1 unspecified atom stereocenters. The lowest BCUT2D eigenvalue weighted by Crippen LogP contribution is -2.50. The zero-order chi connectivity index (χ0) is 19.7. The molecule has 6 nitrogen and oxygen atoms in total. The Labute approximate surface area is 171 Å². The number of hydrogen-bond acceptors (Lipinski definition) is 3. The van der Waals surface area contributed by atoms with Crippen molar-refractivity contribution in [3.05, 3.63) is 58.2 Å². The molecule has 2 amide bonds. The fourth-order valence-corrected chi connectivity index (χ4v) is 4.01. The molecule has 1 aliphatic rings. The number of likely N-dealkylation sites (tertiary alicyclic amines) is 1. The standard InChI is InChI=1S/C20H18Cl2N4O2/c21-13-7-8-16(15(22)10-13)24-19(27)17-6-1-2-9-26(17)20(28)14-5-3-4-12-11-23-25-18(12)14/h3-5,7-8,10-11,17H,1-2,6,9H2,(H,23,25)(H,24,27). The summed E-state index contributed by atoms with van der Waals surface area (Å²) in [4.78, 5) is 27.8. The largest absolute Gasteiger partial charge is 0.327 e. The van der Waals surface area contributed by atoms with Gasteiger partial charge in [0.15, 0.2) is 0 Å². The van der Waals surface area contributed by atoms with Gasteiger partial charge in [-0.15, -0.1) is 0 Å². The van der Waals surface area contributed by atoms with Crippen LogP contribution < -0.4 is 5.32 Å². The molecule has 1 aromatic heterocycles. The molecular formula is C20H18Cl2N4O2. The highest BCUT2D eigenvalue weighted by atomic mass is 35.5. The number of H-pyrrole nitrogens is 1. The smallest absolute Gasteiger partial charge is 0.256 e. The number of carbonyl (C=O) groups is 2. The predicted octanol–water partition coefficient (Wildman–Crippen LogP) is 4.50. The molecule has 2 aromatic carbocycles. The molecule has 0 aliphatic carbocycles. The molecule has 3 aromatic rings. The third-order valence-corrected chi connectivity index (χ3v) is 5.51. The van der Waals surface area contributed by atoms with Crippen LogP contribution in [0.15, 0.2) is 42.6 Å². The monoisotopic (exact) mass is 416 g/mol. The summed E-state index contributed by atoms with van der Waals surface area (Å²) >= 11 is 12.1. The van der Waals surface area contributed by atoms with Gasteiger partial charge >= 0.3 is 0 Å². The SMILES string of the molecule is O=C(Nc1ccc(Cl)cc1Cl)C1CCCCN1C(=O)c1cccc2cn[nH]c12. The Hall–Kier alpha value is -2.57. The summed E-state index contributed by atoms with van der Waals surface area (Å²) in [6.45, 7) is 0.524. The minimum atomic E-state index is -0.564. The van der Waals surface area contributed by atoms with Gasteiger partial charge in [-0.05, 0) is 43.5 Å². The van der Waals surface area contributed by atoms with Crippen molar-refractivity contribution in [1.29, 1.82) is 0 Å². The predicted molar refractivity (Wildman–Crippen MR) is 110 cm³/mol. The number of aromatic nitrogens is 2. The number of halogens is 2. The van der Waals surface area contributed by atoms with Gasteiger partial charge in [0.05, 0.1) is 28.0 Å². The molecule has 2 heterocycles. The Balaban J connectivity index is 1.59. The first-order chi connectivity index (χ1) is 13.5. The minimum absolute atomic E-state index is 0.183. The van der Waals surface area contributed by atoms with E-state index < -0.39 is 6.04 Å². The van der Waals surface area contributed by atoms with Crippen molar-refractivity contribution in [3.63, 3.8) is 0 Å². The molecular weight excluding hydrogens is 399 g/mol. The second-order valence-electron chi connectivity index (χ2n) is 6.76. The van der Waals surface area contributed by atoms with Gasteiger partial charge in [0, 0.05) is 17.0 Å². The number of fused-ring (bicyclic) bond motifs is 1. The maximum Gasteiger partial charge on any atom is 0.256 e. The normalized spacial score (nSPS) is 16.9. The first kappa shape index (κ1) is 18.8. The summed E-state index contributed by atoms with van der Waals surface area (Å²) < 4.78 is 0. The molecule has 28 heavy (non-hydrogen) atoms. The Morgan fingerprint density at radius 2 is 2.04 bits per heavy atom. The van der Waals surface area contributed by atoms with E-state index in [1.165, 1.54) is 0 Å². The number of nitrogens with one attached hydrogen (secondary N) is 2. The number of para-hydroxylation sites is 1. The quantitative estimate of drug-likeness (QED) is 0.659. The molecule has 1 atom stereocenters. The molecule has 4 rings (SSSR count). The maximum atomic E-state index is 13.2. The zero-order valence-corrected chi connectivity index (χ0v) is 16.4. The molecule has 1 saturated heterocycles. The van der Waals surface area contributed by atoms with Crippen LogP contribution in [0.2, 0.25) is 10.0 Å². The van der Waals surface area contributed by atoms with Crippen molar-refractivity contribution in [2.24, 2.45) is 0 Å². The van der Waals surface area contributed by atoms with Crippen molar-refractivity contribution >= 4 is 51.6 Å². The van der Waals surface area contributed by atoms with Crippen LogP contribution in [0.3, 0.4) is 0 Å². The van der Waals surface area contributed by atoms with E-state index in [2.05, 4.69) is 15.5 Å². The highest BCUT2D eigenvalue weighted by Gasteiger charge is 2.33. The second kappa shape index (κ2) is 7.81. The summed E-state index contributed by atoms with van der Waals surface area (Å²) in [7, 11) is 0. The van der Waals surface area contributed by atoms with Gasteiger partial charge in [-0.25, -0.2) is 0 Å². The molecule has 2 N–H and O–H groups in total. The third kappa shape index (κ3) is 3.57. The topological polar surface area (TPSA) is 78.1 Å². The second-order valence-corrected chi connectivity index (χ2v) is 7.61. The number of nitrogens with zero attached hydrogens (tertiary/aromatic N) is 2. The van der Waals surface area contributed by atoms with Gasteiger partial charge < -0.3 is 10.2 Å². The Morgan fingerprint density at radius 1 is 1.18 bits per heavy atom. The van der Waals surface area contributed by atoms with Crippen LogP contribution in [0, 0.1) is 0 Å². The number of carbonyl (C=O) groups excluding carboxylic acids is 2. The van der Waals surface area contributed by atoms with Crippen molar-refractivity contribution < 1.29 is 9.59 Å². The molecule has 144 valence electrons. The summed E-state index contributed by atoms with van der Waals surface area (Å²) in [5.74, 6) is -0.439. The van der Waals surface area contributed by atoms with E-state index >= 15 is 0 Å². The number of anilines is 1. The average molecular weight is 417 g/mol. The van der Waals surface area contributed by atoms with E-state index in [4.69, 9.17) is 23.2 Å². The third-order valence-electron chi connectivity index (χ3n) is 4.96. The van der Waals surface area contributed by atoms with Crippen LogP contribution in [0.25, 0.3) is 10.9 Å². The minimum Gasteiger partial charge on any atom is -0.327 e. The van der Waals surface area contributed by atoms with Crippen LogP contribution in [0.5, 0.6) is 0 Å². The van der Waals surface area contributed by atoms with Crippen molar-refractivity contribution in [1.82, 2.24) is 15.1 Å². The Kier molecular flexibility index (Phi) is 5.24. The van der Waals surface area contributed by atoms with Crippen LogP contribution in [-0.4, -0.2) is 39.5 Å². The van der Waals surface area contributed by atoms with Crippen molar-refractivity contribution in [2.45, 2.75) is 25.3 Å². The number of amides is 2. The van der Waals surface area contributed by atoms with Crippen LogP contribution in [0.4, 0.5) is 5.69 Å². The number of rotatable bonds is 3.